The number of benzene rings is 1. The highest BCUT2D eigenvalue weighted by Gasteiger charge is 2.16. The molecule has 0 aromatic heterocycles. The van der Waals surface area contributed by atoms with E-state index in [2.05, 4.69) is 25.9 Å². The maximum atomic E-state index is 13.4. The minimum absolute atomic E-state index is 0.395. The van der Waals surface area contributed by atoms with E-state index in [0.717, 1.165) is 0 Å². The molecule has 0 unspecified atom stereocenters. The van der Waals surface area contributed by atoms with Crippen LogP contribution >= 0.6 is 15.9 Å². The minimum atomic E-state index is -1.36. The molecule has 5 nitrogen and oxygen atoms in total. The predicted molar refractivity (Wildman–Crippen MR) is 61.1 cm³/mol. The van der Waals surface area contributed by atoms with Crippen molar-refractivity contribution in [1.29, 1.82) is 0 Å². The van der Waals surface area contributed by atoms with Gasteiger partial charge in [-0.3, -0.25) is 0 Å². The standard InChI is InChI=1S/C8H7BrF3N5/c9-4-5(11)2(10)1-3(6(4)12)16-8(15)17-7(13)14/h1H,(H6,13,14,15,16,17). The van der Waals surface area contributed by atoms with Gasteiger partial charge in [-0.25, -0.2) is 18.2 Å². The van der Waals surface area contributed by atoms with E-state index in [9.17, 15) is 13.2 Å². The molecular weight excluding hydrogens is 303 g/mol. The second kappa shape index (κ2) is 5.04. The molecule has 6 N–H and O–H groups in total. The molecule has 0 spiro atoms. The number of rotatable bonds is 1. The van der Waals surface area contributed by atoms with E-state index in [0.29, 0.717) is 6.07 Å². The fraction of sp³-hybridized carbons (Fsp3) is 0. The summed E-state index contributed by atoms with van der Waals surface area (Å²) in [5.41, 5.74) is 14.7. The van der Waals surface area contributed by atoms with Gasteiger partial charge in [0.15, 0.2) is 23.4 Å². The maximum Gasteiger partial charge on any atom is 0.223 e. The number of hydrogen-bond donors (Lipinski definition) is 3. The van der Waals surface area contributed by atoms with Crippen LogP contribution in [0.5, 0.6) is 0 Å². The van der Waals surface area contributed by atoms with Crippen LogP contribution in [0.25, 0.3) is 0 Å². The minimum Gasteiger partial charge on any atom is -0.370 e. The van der Waals surface area contributed by atoms with E-state index in [1.807, 2.05) is 0 Å². The zero-order valence-electron chi connectivity index (χ0n) is 8.22. The van der Waals surface area contributed by atoms with Gasteiger partial charge in [0.2, 0.25) is 5.96 Å². The third kappa shape index (κ3) is 3.09. The first kappa shape index (κ1) is 13.3. The molecule has 0 aliphatic heterocycles. The van der Waals surface area contributed by atoms with Crippen LogP contribution in [-0.2, 0) is 0 Å². The molecule has 1 aromatic rings. The molecule has 92 valence electrons. The summed E-state index contributed by atoms with van der Waals surface area (Å²) in [6.45, 7) is 0. The lowest BCUT2D eigenvalue weighted by Gasteiger charge is -2.02. The second-order valence-corrected chi connectivity index (χ2v) is 3.62. The molecule has 0 aliphatic rings. The third-order valence-corrected chi connectivity index (χ3v) is 2.26. The third-order valence-electron chi connectivity index (χ3n) is 1.56. The van der Waals surface area contributed by atoms with E-state index in [1.165, 1.54) is 0 Å². The van der Waals surface area contributed by atoms with Crippen molar-refractivity contribution in [2.24, 2.45) is 27.2 Å². The zero-order valence-corrected chi connectivity index (χ0v) is 9.80. The molecule has 0 aliphatic carbocycles. The smallest absolute Gasteiger partial charge is 0.223 e. The summed E-state index contributed by atoms with van der Waals surface area (Å²) >= 11 is 2.54. The van der Waals surface area contributed by atoms with Crippen LogP contribution in [0, 0.1) is 17.5 Å². The number of guanidine groups is 2. The number of halogens is 4. The van der Waals surface area contributed by atoms with Crippen molar-refractivity contribution in [1.82, 2.24) is 0 Å². The molecule has 0 saturated carbocycles. The monoisotopic (exact) mass is 309 g/mol. The number of aliphatic imine (C=N–C) groups is 2. The average Bonchev–Trinajstić information content (AvgIpc) is 2.21. The highest BCUT2D eigenvalue weighted by atomic mass is 79.9. The molecule has 0 radical (unpaired) electrons. The molecule has 0 atom stereocenters. The van der Waals surface area contributed by atoms with Gasteiger partial charge in [-0.2, -0.15) is 4.99 Å². The predicted octanol–water partition coefficient (Wildman–Crippen LogP) is 1.09. The van der Waals surface area contributed by atoms with Crippen LogP contribution in [-0.4, -0.2) is 11.9 Å². The molecule has 17 heavy (non-hydrogen) atoms. The Labute approximate surface area is 102 Å². The van der Waals surface area contributed by atoms with Crippen LogP contribution < -0.4 is 17.2 Å². The Morgan fingerprint density at radius 2 is 1.71 bits per heavy atom. The summed E-state index contributed by atoms with van der Waals surface area (Å²) < 4.78 is 38.6. The average molecular weight is 310 g/mol. The van der Waals surface area contributed by atoms with Crippen molar-refractivity contribution in [3.63, 3.8) is 0 Å². The van der Waals surface area contributed by atoms with Crippen molar-refractivity contribution >= 4 is 33.5 Å². The van der Waals surface area contributed by atoms with Crippen molar-refractivity contribution in [3.05, 3.63) is 28.0 Å². The zero-order chi connectivity index (χ0) is 13.2. The molecule has 0 bridgehead atoms. The van der Waals surface area contributed by atoms with E-state index in [1.54, 1.807) is 0 Å². The summed E-state index contributed by atoms with van der Waals surface area (Å²) in [5.74, 6) is -4.64. The molecular formula is C8H7BrF3N5. The molecule has 0 saturated heterocycles. The molecule has 1 aromatic carbocycles. The van der Waals surface area contributed by atoms with Gasteiger partial charge in [-0.05, 0) is 15.9 Å². The topological polar surface area (TPSA) is 103 Å². The van der Waals surface area contributed by atoms with Gasteiger partial charge in [0.25, 0.3) is 0 Å². The second-order valence-electron chi connectivity index (χ2n) is 2.83. The first-order valence-corrected chi connectivity index (χ1v) is 4.89. The van der Waals surface area contributed by atoms with E-state index in [4.69, 9.17) is 17.2 Å². The van der Waals surface area contributed by atoms with Gasteiger partial charge >= 0.3 is 0 Å². The van der Waals surface area contributed by atoms with Crippen LogP contribution in [0.1, 0.15) is 0 Å². The summed E-state index contributed by atoms with van der Waals surface area (Å²) in [4.78, 5) is 6.69. The summed E-state index contributed by atoms with van der Waals surface area (Å²) in [7, 11) is 0. The van der Waals surface area contributed by atoms with Crippen LogP contribution in [0.2, 0.25) is 0 Å². The fourth-order valence-corrected chi connectivity index (χ4v) is 1.31. The fourth-order valence-electron chi connectivity index (χ4n) is 0.922. The Hall–Kier alpha value is -1.77. The van der Waals surface area contributed by atoms with E-state index >= 15 is 0 Å². The number of nitrogens with zero attached hydrogens (tertiary/aromatic N) is 2. The molecule has 9 heteroatoms. The molecule has 0 heterocycles. The van der Waals surface area contributed by atoms with E-state index in [-0.39, 0.29) is 0 Å². The lowest BCUT2D eigenvalue weighted by atomic mass is 10.3. The van der Waals surface area contributed by atoms with E-state index < -0.39 is 39.5 Å². The molecule has 0 amide bonds. The van der Waals surface area contributed by atoms with Crippen molar-refractivity contribution < 1.29 is 13.2 Å². The Kier molecular flexibility index (Phi) is 3.94. The normalized spacial score (nSPS) is 11.4. The quantitative estimate of drug-likeness (QED) is 0.313. The van der Waals surface area contributed by atoms with Gasteiger partial charge in [-0.15, -0.1) is 0 Å². The van der Waals surface area contributed by atoms with Crippen molar-refractivity contribution in [3.8, 4) is 0 Å². The molecule has 0 fully saturated rings. The largest absolute Gasteiger partial charge is 0.370 e. The maximum absolute atomic E-state index is 13.4. The SMILES string of the molecule is NC(N)=NC(N)=Nc1cc(F)c(F)c(Br)c1F. The molecule has 1 rings (SSSR count). The Balaban J connectivity index is 3.30. The lowest BCUT2D eigenvalue weighted by molar-refractivity contribution is 0.489. The lowest BCUT2D eigenvalue weighted by Crippen LogP contribution is -2.26. The van der Waals surface area contributed by atoms with Gasteiger partial charge in [-0.1, -0.05) is 0 Å². The Bertz CT molecular complexity index is 510. The summed E-state index contributed by atoms with van der Waals surface area (Å²) in [6.07, 6.45) is 0. The Morgan fingerprint density at radius 1 is 1.12 bits per heavy atom. The highest BCUT2D eigenvalue weighted by molar-refractivity contribution is 9.10. The summed E-state index contributed by atoms with van der Waals surface area (Å²) in [6, 6.07) is 0.532. The van der Waals surface area contributed by atoms with Crippen LogP contribution in [0.3, 0.4) is 0 Å². The van der Waals surface area contributed by atoms with Crippen LogP contribution in [0.15, 0.2) is 20.5 Å². The summed E-state index contributed by atoms with van der Waals surface area (Å²) in [5, 5.41) is 0. The van der Waals surface area contributed by atoms with Gasteiger partial charge in [0.1, 0.15) is 5.69 Å². The van der Waals surface area contributed by atoms with Gasteiger partial charge in [0, 0.05) is 6.07 Å². The Morgan fingerprint density at radius 3 is 2.24 bits per heavy atom. The first-order chi connectivity index (χ1) is 7.82. The van der Waals surface area contributed by atoms with Crippen molar-refractivity contribution in [2.45, 2.75) is 0 Å². The van der Waals surface area contributed by atoms with Crippen LogP contribution in [0.4, 0.5) is 18.9 Å². The van der Waals surface area contributed by atoms with Gasteiger partial charge < -0.3 is 17.2 Å². The van der Waals surface area contributed by atoms with Crippen molar-refractivity contribution in [2.75, 3.05) is 0 Å². The highest BCUT2D eigenvalue weighted by Crippen LogP contribution is 2.30. The number of hydrogen-bond acceptors (Lipinski definition) is 1. The first-order valence-electron chi connectivity index (χ1n) is 4.09. The van der Waals surface area contributed by atoms with Gasteiger partial charge in [0.05, 0.1) is 4.47 Å². The number of nitrogens with two attached hydrogens (primary N) is 3.